The van der Waals surface area contributed by atoms with Crippen LogP contribution in [-0.4, -0.2) is 39.5 Å². The molecule has 6 nitrogen and oxygen atoms in total. The summed E-state index contributed by atoms with van der Waals surface area (Å²) in [5, 5.41) is 2.86. The van der Waals surface area contributed by atoms with E-state index in [-0.39, 0.29) is 28.0 Å². The molecule has 0 fully saturated rings. The van der Waals surface area contributed by atoms with Gasteiger partial charge in [0.1, 0.15) is 5.82 Å². The Kier molecular flexibility index (Phi) is 4.86. The number of nitrogens with zero attached hydrogens (tertiary/aromatic N) is 3. The van der Waals surface area contributed by atoms with Gasteiger partial charge in [-0.25, -0.2) is 13.8 Å². The summed E-state index contributed by atoms with van der Waals surface area (Å²) in [6, 6.07) is 4.56. The standard InChI is InChI=1S/C17H15ClF2N4O2/c1-8-10-4-3-5-12(14(10)16(26)24(8)7-13(19)20)22-15-11(9(2)25)6-21-17(18)23-15/h3-6,8,13H,7H2,1-2H3,(H,21,22,23). The van der Waals surface area contributed by atoms with E-state index in [0.29, 0.717) is 11.3 Å². The highest BCUT2D eigenvalue weighted by Crippen LogP contribution is 2.38. The molecular formula is C17H15ClF2N4O2. The zero-order valence-corrected chi connectivity index (χ0v) is 14.7. The fraction of sp³-hybridized carbons (Fsp3) is 0.294. The first-order valence-corrected chi connectivity index (χ1v) is 8.20. The number of hydrogen-bond donors (Lipinski definition) is 1. The molecule has 26 heavy (non-hydrogen) atoms. The molecule has 1 unspecified atom stereocenters. The van der Waals surface area contributed by atoms with E-state index in [1.807, 2.05) is 0 Å². The van der Waals surface area contributed by atoms with Crippen molar-refractivity contribution in [3.8, 4) is 0 Å². The molecule has 1 aliphatic heterocycles. The molecule has 9 heteroatoms. The Morgan fingerprint density at radius 1 is 1.42 bits per heavy atom. The molecule has 136 valence electrons. The van der Waals surface area contributed by atoms with E-state index in [4.69, 9.17) is 11.6 Å². The number of alkyl halides is 2. The molecule has 1 N–H and O–H groups in total. The Morgan fingerprint density at radius 3 is 2.81 bits per heavy atom. The number of carbonyl (C=O) groups is 2. The summed E-state index contributed by atoms with van der Waals surface area (Å²) in [5.74, 6) is -0.630. The molecule has 0 spiro atoms. The number of fused-ring (bicyclic) bond motifs is 1. The Labute approximate surface area is 153 Å². The first-order valence-electron chi connectivity index (χ1n) is 7.82. The molecule has 0 bridgehead atoms. The number of aromatic nitrogens is 2. The summed E-state index contributed by atoms with van der Waals surface area (Å²) in [4.78, 5) is 33.3. The van der Waals surface area contributed by atoms with Crippen molar-refractivity contribution in [3.63, 3.8) is 0 Å². The molecule has 0 saturated carbocycles. The number of carbonyl (C=O) groups excluding carboxylic acids is 2. The molecule has 2 aromatic rings. The van der Waals surface area contributed by atoms with Gasteiger partial charge in [0.25, 0.3) is 12.3 Å². The first-order chi connectivity index (χ1) is 12.3. The largest absolute Gasteiger partial charge is 0.339 e. The minimum Gasteiger partial charge on any atom is -0.339 e. The van der Waals surface area contributed by atoms with Crippen LogP contribution in [0.3, 0.4) is 0 Å². The molecule has 0 aliphatic carbocycles. The Balaban J connectivity index is 2.03. The van der Waals surface area contributed by atoms with Crippen LogP contribution in [0.25, 0.3) is 0 Å². The minimum atomic E-state index is -2.63. The van der Waals surface area contributed by atoms with E-state index in [1.165, 1.54) is 13.1 Å². The van der Waals surface area contributed by atoms with Gasteiger partial charge in [-0.05, 0) is 37.1 Å². The molecular weight excluding hydrogens is 366 g/mol. The predicted molar refractivity (Wildman–Crippen MR) is 92.2 cm³/mol. The van der Waals surface area contributed by atoms with E-state index in [2.05, 4.69) is 15.3 Å². The number of hydrogen-bond acceptors (Lipinski definition) is 5. The molecule has 1 atom stereocenters. The predicted octanol–water partition coefficient (Wildman–Crippen LogP) is 3.86. The van der Waals surface area contributed by atoms with Crippen molar-refractivity contribution < 1.29 is 18.4 Å². The highest BCUT2D eigenvalue weighted by atomic mass is 35.5. The fourth-order valence-electron chi connectivity index (χ4n) is 2.98. The monoisotopic (exact) mass is 380 g/mol. The van der Waals surface area contributed by atoms with Crippen LogP contribution in [0.1, 0.15) is 46.2 Å². The van der Waals surface area contributed by atoms with Crippen molar-refractivity contribution in [2.45, 2.75) is 26.3 Å². The molecule has 1 aromatic heterocycles. The maximum atomic E-state index is 12.8. The first kappa shape index (κ1) is 18.2. The Bertz CT molecular complexity index is 891. The van der Waals surface area contributed by atoms with Crippen LogP contribution in [0, 0.1) is 0 Å². The second-order valence-corrected chi connectivity index (χ2v) is 6.21. The summed E-state index contributed by atoms with van der Waals surface area (Å²) in [6.07, 6.45) is -1.34. The molecule has 3 rings (SSSR count). The lowest BCUT2D eigenvalue weighted by molar-refractivity contribution is 0.0507. The number of amides is 1. The summed E-state index contributed by atoms with van der Waals surface area (Å²) in [6.45, 7) is 2.40. The van der Waals surface area contributed by atoms with Crippen LogP contribution >= 0.6 is 11.6 Å². The summed E-state index contributed by atoms with van der Waals surface area (Å²) in [5.41, 5.74) is 1.48. The normalized spacial score (nSPS) is 16.2. The van der Waals surface area contributed by atoms with Crippen LogP contribution in [0.4, 0.5) is 20.3 Å². The maximum Gasteiger partial charge on any atom is 0.257 e. The fourth-order valence-corrected chi connectivity index (χ4v) is 3.11. The molecule has 2 heterocycles. The van der Waals surface area contributed by atoms with Crippen molar-refractivity contribution in [1.29, 1.82) is 0 Å². The second-order valence-electron chi connectivity index (χ2n) is 5.88. The van der Waals surface area contributed by atoms with Gasteiger partial charge >= 0.3 is 0 Å². The number of ketones is 1. The average molecular weight is 381 g/mol. The third-order valence-electron chi connectivity index (χ3n) is 4.22. The van der Waals surface area contributed by atoms with Crippen molar-refractivity contribution in [2.75, 3.05) is 11.9 Å². The van der Waals surface area contributed by atoms with Gasteiger partial charge in [-0.1, -0.05) is 12.1 Å². The lowest BCUT2D eigenvalue weighted by Crippen LogP contribution is -2.31. The number of benzene rings is 1. The SMILES string of the molecule is CC(=O)c1cnc(Cl)nc1Nc1cccc2c1C(=O)N(CC(F)F)C2C. The molecule has 0 radical (unpaired) electrons. The van der Waals surface area contributed by atoms with E-state index < -0.39 is 24.9 Å². The van der Waals surface area contributed by atoms with E-state index in [1.54, 1.807) is 25.1 Å². The van der Waals surface area contributed by atoms with Crippen LogP contribution in [-0.2, 0) is 0 Å². The van der Waals surface area contributed by atoms with Gasteiger partial charge in [-0.15, -0.1) is 0 Å². The van der Waals surface area contributed by atoms with Crippen molar-refractivity contribution in [1.82, 2.24) is 14.9 Å². The maximum absolute atomic E-state index is 12.8. The zero-order valence-electron chi connectivity index (χ0n) is 14.0. The van der Waals surface area contributed by atoms with Crippen molar-refractivity contribution >= 4 is 34.8 Å². The molecule has 1 aliphatic rings. The summed E-state index contributed by atoms with van der Waals surface area (Å²) in [7, 11) is 0. The van der Waals surface area contributed by atoms with E-state index in [0.717, 1.165) is 4.90 Å². The van der Waals surface area contributed by atoms with Crippen molar-refractivity contribution in [2.24, 2.45) is 0 Å². The average Bonchev–Trinajstić information content (AvgIpc) is 2.80. The van der Waals surface area contributed by atoms with Crippen LogP contribution in [0.15, 0.2) is 24.4 Å². The van der Waals surface area contributed by atoms with Gasteiger partial charge < -0.3 is 10.2 Å². The number of anilines is 2. The van der Waals surface area contributed by atoms with Crippen LogP contribution < -0.4 is 5.32 Å². The van der Waals surface area contributed by atoms with Crippen LogP contribution in [0.5, 0.6) is 0 Å². The lowest BCUT2D eigenvalue weighted by atomic mass is 10.0. The van der Waals surface area contributed by atoms with Gasteiger partial charge in [0.2, 0.25) is 5.28 Å². The van der Waals surface area contributed by atoms with Gasteiger partial charge in [-0.2, -0.15) is 4.98 Å². The highest BCUT2D eigenvalue weighted by Gasteiger charge is 2.37. The van der Waals surface area contributed by atoms with E-state index >= 15 is 0 Å². The Morgan fingerprint density at radius 2 is 2.15 bits per heavy atom. The molecule has 0 saturated heterocycles. The number of halogens is 3. The van der Waals surface area contributed by atoms with Gasteiger partial charge in [0.05, 0.1) is 29.4 Å². The highest BCUT2D eigenvalue weighted by molar-refractivity contribution is 6.28. The number of Topliss-reactive ketones (excluding diaryl/α,β-unsaturated/α-hetero) is 1. The zero-order chi connectivity index (χ0) is 19.0. The van der Waals surface area contributed by atoms with Crippen LogP contribution in [0.2, 0.25) is 5.28 Å². The summed E-state index contributed by atoms with van der Waals surface area (Å²) >= 11 is 5.81. The Hall–Kier alpha value is -2.61. The van der Waals surface area contributed by atoms with Gasteiger partial charge in [0.15, 0.2) is 5.78 Å². The smallest absolute Gasteiger partial charge is 0.257 e. The second kappa shape index (κ2) is 6.95. The third-order valence-corrected chi connectivity index (χ3v) is 4.40. The summed E-state index contributed by atoms with van der Waals surface area (Å²) < 4.78 is 25.6. The minimum absolute atomic E-state index is 0.0657. The van der Waals surface area contributed by atoms with Gasteiger partial charge in [0, 0.05) is 6.20 Å². The number of rotatable bonds is 5. The quantitative estimate of drug-likeness (QED) is 0.629. The van der Waals surface area contributed by atoms with Crippen molar-refractivity contribution in [3.05, 3.63) is 46.4 Å². The molecule has 1 aromatic carbocycles. The number of nitrogens with one attached hydrogen (secondary N) is 1. The molecule has 1 amide bonds. The lowest BCUT2D eigenvalue weighted by Gasteiger charge is -2.21. The third kappa shape index (κ3) is 3.24. The van der Waals surface area contributed by atoms with E-state index in [9.17, 15) is 18.4 Å². The van der Waals surface area contributed by atoms with Gasteiger partial charge in [-0.3, -0.25) is 9.59 Å². The topological polar surface area (TPSA) is 75.2 Å².